The van der Waals surface area contributed by atoms with Crippen LogP contribution in [-0.4, -0.2) is 17.3 Å². The molecule has 1 aliphatic rings. The lowest BCUT2D eigenvalue weighted by Gasteiger charge is -2.31. The van der Waals surface area contributed by atoms with Crippen LogP contribution in [0.3, 0.4) is 0 Å². The lowest BCUT2D eigenvalue weighted by Crippen LogP contribution is -2.37. The van der Waals surface area contributed by atoms with E-state index in [4.69, 9.17) is 4.74 Å². The molecule has 1 N–H and O–H groups in total. The van der Waals surface area contributed by atoms with Crippen molar-refractivity contribution in [2.75, 3.05) is 6.61 Å². The predicted molar refractivity (Wildman–Crippen MR) is 72.7 cm³/mol. The molecule has 0 unspecified atom stereocenters. The highest BCUT2D eigenvalue weighted by Gasteiger charge is 2.29. The van der Waals surface area contributed by atoms with Gasteiger partial charge in [0.15, 0.2) is 0 Å². The van der Waals surface area contributed by atoms with Gasteiger partial charge in [-0.25, -0.2) is 0 Å². The first-order chi connectivity index (χ1) is 7.68. The van der Waals surface area contributed by atoms with Gasteiger partial charge in [0.05, 0.1) is 5.60 Å². The maximum Gasteiger partial charge on any atom is 0.120 e. The SMILES string of the molecule is OC1(COc2cccc(I)c2)CCCCC1. The fraction of sp³-hybridized carbons (Fsp3) is 0.538. The highest BCUT2D eigenvalue weighted by molar-refractivity contribution is 14.1. The van der Waals surface area contributed by atoms with Crippen molar-refractivity contribution in [2.24, 2.45) is 0 Å². The van der Waals surface area contributed by atoms with E-state index in [9.17, 15) is 5.11 Å². The number of ether oxygens (including phenoxy) is 1. The second-order valence-corrected chi connectivity index (χ2v) is 5.78. The van der Waals surface area contributed by atoms with Gasteiger partial charge in [0, 0.05) is 3.57 Å². The molecular formula is C13H17IO2. The van der Waals surface area contributed by atoms with Crippen molar-refractivity contribution < 1.29 is 9.84 Å². The van der Waals surface area contributed by atoms with Gasteiger partial charge in [-0.3, -0.25) is 0 Å². The number of halogens is 1. The maximum atomic E-state index is 10.3. The van der Waals surface area contributed by atoms with Gasteiger partial charge in [-0.1, -0.05) is 25.3 Å². The summed E-state index contributed by atoms with van der Waals surface area (Å²) in [7, 11) is 0. The Morgan fingerprint density at radius 1 is 1.25 bits per heavy atom. The third-order valence-corrected chi connectivity index (χ3v) is 3.76. The van der Waals surface area contributed by atoms with E-state index in [1.807, 2.05) is 24.3 Å². The molecule has 1 aliphatic carbocycles. The molecule has 0 heterocycles. The molecule has 0 aliphatic heterocycles. The van der Waals surface area contributed by atoms with Gasteiger partial charge in [0.25, 0.3) is 0 Å². The summed E-state index contributed by atoms with van der Waals surface area (Å²) >= 11 is 2.26. The van der Waals surface area contributed by atoms with Crippen LogP contribution >= 0.6 is 22.6 Å². The average molecular weight is 332 g/mol. The van der Waals surface area contributed by atoms with E-state index >= 15 is 0 Å². The van der Waals surface area contributed by atoms with Crippen LogP contribution in [0, 0.1) is 3.57 Å². The predicted octanol–water partition coefficient (Wildman–Crippen LogP) is 3.37. The topological polar surface area (TPSA) is 29.5 Å². The molecular weight excluding hydrogens is 315 g/mol. The summed E-state index contributed by atoms with van der Waals surface area (Å²) in [5.74, 6) is 0.853. The minimum absolute atomic E-state index is 0.424. The van der Waals surface area contributed by atoms with Gasteiger partial charge >= 0.3 is 0 Å². The maximum absolute atomic E-state index is 10.3. The first-order valence-corrected chi connectivity index (χ1v) is 6.87. The first kappa shape index (κ1) is 12.2. The molecule has 2 rings (SSSR count). The van der Waals surface area contributed by atoms with Crippen molar-refractivity contribution >= 4 is 22.6 Å². The molecule has 0 amide bonds. The zero-order valence-electron chi connectivity index (χ0n) is 9.29. The van der Waals surface area contributed by atoms with Gasteiger partial charge in [-0.15, -0.1) is 0 Å². The quantitative estimate of drug-likeness (QED) is 0.860. The van der Waals surface area contributed by atoms with E-state index in [1.165, 1.54) is 6.42 Å². The molecule has 0 saturated heterocycles. The number of rotatable bonds is 3. The van der Waals surface area contributed by atoms with E-state index in [-0.39, 0.29) is 0 Å². The monoisotopic (exact) mass is 332 g/mol. The minimum Gasteiger partial charge on any atom is -0.491 e. The Kier molecular flexibility index (Phi) is 4.08. The fourth-order valence-corrected chi connectivity index (χ4v) is 2.64. The van der Waals surface area contributed by atoms with Crippen LogP contribution in [0.25, 0.3) is 0 Å². The molecule has 0 radical (unpaired) electrons. The zero-order valence-corrected chi connectivity index (χ0v) is 11.4. The van der Waals surface area contributed by atoms with Gasteiger partial charge in [-0.2, -0.15) is 0 Å². The molecule has 0 spiro atoms. The van der Waals surface area contributed by atoms with E-state index in [0.717, 1.165) is 35.0 Å². The van der Waals surface area contributed by atoms with Crippen LogP contribution < -0.4 is 4.74 Å². The minimum atomic E-state index is -0.598. The Bertz CT molecular complexity index is 346. The lowest BCUT2D eigenvalue weighted by molar-refractivity contribution is -0.0339. The summed E-state index contributed by atoms with van der Waals surface area (Å²) in [4.78, 5) is 0. The fourth-order valence-electron chi connectivity index (χ4n) is 2.13. The Hall–Kier alpha value is -0.290. The van der Waals surface area contributed by atoms with E-state index in [2.05, 4.69) is 22.6 Å². The van der Waals surface area contributed by atoms with Crippen molar-refractivity contribution in [3.05, 3.63) is 27.8 Å². The summed E-state index contributed by atoms with van der Waals surface area (Å²) in [5, 5.41) is 10.3. The smallest absolute Gasteiger partial charge is 0.120 e. The Balaban J connectivity index is 1.91. The van der Waals surface area contributed by atoms with E-state index in [1.54, 1.807) is 0 Å². The third kappa shape index (κ3) is 3.35. The van der Waals surface area contributed by atoms with Crippen LogP contribution in [0.4, 0.5) is 0 Å². The average Bonchev–Trinajstić information content (AvgIpc) is 2.28. The molecule has 1 saturated carbocycles. The van der Waals surface area contributed by atoms with Crippen LogP contribution in [0.1, 0.15) is 32.1 Å². The molecule has 1 fully saturated rings. The van der Waals surface area contributed by atoms with Gasteiger partial charge < -0.3 is 9.84 Å². The number of hydrogen-bond donors (Lipinski definition) is 1. The second kappa shape index (κ2) is 5.36. The summed E-state index contributed by atoms with van der Waals surface area (Å²) in [6, 6.07) is 7.94. The molecule has 0 aromatic heterocycles. The number of aliphatic hydroxyl groups is 1. The van der Waals surface area contributed by atoms with Crippen LogP contribution in [0.2, 0.25) is 0 Å². The molecule has 1 aromatic rings. The number of benzene rings is 1. The van der Waals surface area contributed by atoms with Crippen molar-refractivity contribution in [2.45, 2.75) is 37.7 Å². The summed E-state index contributed by atoms with van der Waals surface area (Å²) in [6.07, 6.45) is 5.22. The van der Waals surface area contributed by atoms with Crippen LogP contribution in [-0.2, 0) is 0 Å². The zero-order chi connectivity index (χ0) is 11.4. The number of hydrogen-bond acceptors (Lipinski definition) is 2. The molecule has 16 heavy (non-hydrogen) atoms. The molecule has 2 nitrogen and oxygen atoms in total. The lowest BCUT2D eigenvalue weighted by atomic mass is 9.85. The standard InChI is InChI=1S/C13H17IO2/c14-11-5-4-6-12(9-11)16-10-13(15)7-2-1-3-8-13/h4-6,9,15H,1-3,7-8,10H2. The van der Waals surface area contributed by atoms with Crippen molar-refractivity contribution in [1.82, 2.24) is 0 Å². The van der Waals surface area contributed by atoms with Crippen molar-refractivity contribution in [3.8, 4) is 5.75 Å². The summed E-state index contributed by atoms with van der Waals surface area (Å²) < 4.78 is 6.83. The Morgan fingerprint density at radius 2 is 2.00 bits per heavy atom. The largest absolute Gasteiger partial charge is 0.491 e. The summed E-state index contributed by atoms with van der Waals surface area (Å²) in [6.45, 7) is 0.424. The van der Waals surface area contributed by atoms with Gasteiger partial charge in [0.1, 0.15) is 12.4 Å². The first-order valence-electron chi connectivity index (χ1n) is 5.79. The third-order valence-electron chi connectivity index (χ3n) is 3.09. The highest BCUT2D eigenvalue weighted by Crippen LogP contribution is 2.28. The summed E-state index contributed by atoms with van der Waals surface area (Å²) in [5.41, 5.74) is -0.598. The van der Waals surface area contributed by atoms with Crippen molar-refractivity contribution in [3.63, 3.8) is 0 Å². The van der Waals surface area contributed by atoms with Gasteiger partial charge in [-0.05, 0) is 53.6 Å². The Morgan fingerprint density at radius 3 is 2.69 bits per heavy atom. The van der Waals surface area contributed by atoms with E-state index in [0.29, 0.717) is 6.61 Å². The molecule has 0 atom stereocenters. The van der Waals surface area contributed by atoms with Crippen molar-refractivity contribution in [1.29, 1.82) is 0 Å². The van der Waals surface area contributed by atoms with Crippen LogP contribution in [0.5, 0.6) is 5.75 Å². The highest BCUT2D eigenvalue weighted by atomic mass is 127. The Labute approximate surface area is 110 Å². The molecule has 3 heteroatoms. The second-order valence-electron chi connectivity index (χ2n) is 4.53. The normalized spacial score (nSPS) is 19.4. The van der Waals surface area contributed by atoms with Gasteiger partial charge in [0.2, 0.25) is 0 Å². The molecule has 0 bridgehead atoms. The van der Waals surface area contributed by atoms with E-state index < -0.39 is 5.60 Å². The van der Waals surface area contributed by atoms with Crippen LogP contribution in [0.15, 0.2) is 24.3 Å². The molecule has 1 aromatic carbocycles. The molecule has 88 valence electrons.